The second kappa shape index (κ2) is 6.84. The summed E-state index contributed by atoms with van der Waals surface area (Å²) in [4.78, 5) is 24.8. The second-order valence-electron chi connectivity index (χ2n) is 5.30. The molecule has 1 heterocycles. The lowest BCUT2D eigenvalue weighted by molar-refractivity contribution is 0.0992. The van der Waals surface area contributed by atoms with Crippen molar-refractivity contribution in [3.8, 4) is 11.5 Å². The van der Waals surface area contributed by atoms with Crippen molar-refractivity contribution in [3.05, 3.63) is 69.2 Å². The van der Waals surface area contributed by atoms with E-state index in [1.165, 1.54) is 0 Å². The number of carbonyl (C=O) groups is 1. The lowest BCUT2D eigenvalue weighted by Crippen LogP contribution is -2.13. The van der Waals surface area contributed by atoms with Crippen molar-refractivity contribution in [2.24, 2.45) is 0 Å². The number of fused-ring (bicyclic) bond motifs is 1. The van der Waals surface area contributed by atoms with Crippen LogP contribution in [-0.4, -0.2) is 20.0 Å². The molecule has 0 spiro atoms. The molecule has 0 N–H and O–H groups in total. The van der Waals surface area contributed by atoms with Gasteiger partial charge in [-0.2, -0.15) is 0 Å². The summed E-state index contributed by atoms with van der Waals surface area (Å²) in [5.41, 5.74) is 1.08. The average Bonchev–Trinajstić information content (AvgIpc) is 2.61. The van der Waals surface area contributed by atoms with Gasteiger partial charge in [0.1, 0.15) is 11.5 Å². The number of ketones is 1. The number of hydrogen-bond donors (Lipinski definition) is 0. The summed E-state index contributed by atoms with van der Waals surface area (Å²) >= 11 is 1.07. The van der Waals surface area contributed by atoms with Crippen molar-refractivity contribution in [2.75, 3.05) is 14.2 Å². The van der Waals surface area contributed by atoms with E-state index < -0.39 is 0 Å². The van der Waals surface area contributed by atoms with Gasteiger partial charge in [-0.3, -0.25) is 9.59 Å². The molecule has 0 fully saturated rings. The molecular formula is C19H16O4S. The zero-order chi connectivity index (χ0) is 17.1. The van der Waals surface area contributed by atoms with Crippen LogP contribution in [0.2, 0.25) is 0 Å². The maximum Gasteiger partial charge on any atom is 0.243 e. The van der Waals surface area contributed by atoms with Gasteiger partial charge in [-0.15, -0.1) is 0 Å². The van der Waals surface area contributed by atoms with E-state index in [1.807, 2.05) is 24.3 Å². The van der Waals surface area contributed by atoms with Gasteiger partial charge in [-0.25, -0.2) is 0 Å². The number of rotatable bonds is 5. The van der Waals surface area contributed by atoms with Gasteiger partial charge < -0.3 is 9.47 Å². The van der Waals surface area contributed by atoms with E-state index in [0.29, 0.717) is 5.75 Å². The molecule has 2 aromatic carbocycles. The molecule has 0 amide bonds. The van der Waals surface area contributed by atoms with Crippen molar-refractivity contribution < 1.29 is 14.3 Å². The van der Waals surface area contributed by atoms with Crippen LogP contribution in [0.5, 0.6) is 11.5 Å². The van der Waals surface area contributed by atoms with Crippen molar-refractivity contribution in [1.82, 2.24) is 0 Å². The molecule has 3 rings (SSSR count). The molecule has 0 aliphatic rings. The Morgan fingerprint density at radius 3 is 2.29 bits per heavy atom. The van der Waals surface area contributed by atoms with Crippen molar-refractivity contribution in [3.63, 3.8) is 0 Å². The fraction of sp³-hybridized carbons (Fsp3) is 0.158. The summed E-state index contributed by atoms with van der Waals surface area (Å²) < 4.78 is 10.8. The molecule has 24 heavy (non-hydrogen) atoms. The van der Waals surface area contributed by atoms with Crippen molar-refractivity contribution in [1.29, 1.82) is 0 Å². The van der Waals surface area contributed by atoms with Gasteiger partial charge >= 0.3 is 0 Å². The first kappa shape index (κ1) is 16.2. The Hall–Kier alpha value is -2.66. The SMILES string of the molecule is COc1ccc(CC(=O)c2cc3ccc(OC)cc3sc2=O)cc1. The van der Waals surface area contributed by atoms with Gasteiger partial charge in [0.25, 0.3) is 0 Å². The number of ether oxygens (including phenoxy) is 2. The first-order valence-corrected chi connectivity index (χ1v) is 8.20. The molecule has 0 aliphatic carbocycles. The van der Waals surface area contributed by atoms with Crippen LogP contribution in [0.15, 0.2) is 53.3 Å². The monoisotopic (exact) mass is 340 g/mol. The molecule has 0 radical (unpaired) electrons. The zero-order valence-corrected chi connectivity index (χ0v) is 14.2. The molecule has 3 aromatic rings. The highest BCUT2D eigenvalue weighted by molar-refractivity contribution is 7.16. The molecular weight excluding hydrogens is 324 g/mol. The summed E-state index contributed by atoms with van der Waals surface area (Å²) in [7, 11) is 3.17. The van der Waals surface area contributed by atoms with Crippen LogP contribution in [0.25, 0.3) is 10.1 Å². The van der Waals surface area contributed by atoms with Crippen LogP contribution >= 0.6 is 11.3 Å². The Morgan fingerprint density at radius 2 is 1.62 bits per heavy atom. The van der Waals surface area contributed by atoms with Gasteiger partial charge in [0.05, 0.1) is 19.8 Å². The first-order valence-electron chi connectivity index (χ1n) is 7.39. The average molecular weight is 340 g/mol. The molecule has 0 unspecified atom stereocenters. The van der Waals surface area contributed by atoms with E-state index in [4.69, 9.17) is 9.47 Å². The lowest BCUT2D eigenvalue weighted by atomic mass is 10.0. The fourth-order valence-corrected chi connectivity index (χ4v) is 3.34. The summed E-state index contributed by atoms with van der Waals surface area (Å²) in [5, 5.41) is 0.860. The van der Waals surface area contributed by atoms with Crippen LogP contribution in [-0.2, 0) is 6.42 Å². The molecule has 1 aromatic heterocycles. The third-order valence-electron chi connectivity index (χ3n) is 3.77. The molecule has 122 valence electrons. The van der Waals surface area contributed by atoms with Gasteiger partial charge in [-0.05, 0) is 47.3 Å². The minimum Gasteiger partial charge on any atom is -0.497 e. The van der Waals surface area contributed by atoms with E-state index in [0.717, 1.165) is 32.7 Å². The van der Waals surface area contributed by atoms with Gasteiger partial charge in [0, 0.05) is 11.1 Å². The molecule has 0 atom stereocenters. The number of benzene rings is 2. The highest BCUT2D eigenvalue weighted by Crippen LogP contribution is 2.23. The first-order chi connectivity index (χ1) is 11.6. The second-order valence-corrected chi connectivity index (χ2v) is 6.31. The van der Waals surface area contributed by atoms with Gasteiger partial charge in [0.2, 0.25) is 4.74 Å². The van der Waals surface area contributed by atoms with Crippen molar-refractivity contribution >= 4 is 27.2 Å². The van der Waals surface area contributed by atoms with Crippen LogP contribution < -0.4 is 14.2 Å². The predicted octanol–water partition coefficient (Wildman–Crippen LogP) is 3.70. The van der Waals surface area contributed by atoms with Crippen LogP contribution in [0.1, 0.15) is 15.9 Å². The molecule has 0 bridgehead atoms. The quantitative estimate of drug-likeness (QED) is 0.665. The van der Waals surface area contributed by atoms with E-state index in [9.17, 15) is 9.59 Å². The topological polar surface area (TPSA) is 52.6 Å². The van der Waals surface area contributed by atoms with Gasteiger partial charge in [0.15, 0.2) is 5.78 Å². The third-order valence-corrected chi connectivity index (χ3v) is 4.75. The summed E-state index contributed by atoms with van der Waals surface area (Å²) in [6.45, 7) is 0. The van der Waals surface area contributed by atoms with Crippen LogP contribution in [0, 0.1) is 0 Å². The highest BCUT2D eigenvalue weighted by atomic mass is 32.1. The standard InChI is InChI=1S/C19H16O4S/c1-22-14-6-3-12(4-7-14)9-17(20)16-10-13-5-8-15(23-2)11-18(13)24-19(16)21/h3-8,10-11H,9H2,1-2H3. The number of carbonyl (C=O) groups excluding carboxylic acids is 1. The number of Topliss-reactive ketones (excluding diaryl/α,β-unsaturated/α-hetero) is 1. The maximum absolute atomic E-state index is 12.5. The third kappa shape index (κ3) is 3.31. The molecule has 0 aliphatic heterocycles. The zero-order valence-electron chi connectivity index (χ0n) is 13.4. The van der Waals surface area contributed by atoms with Crippen molar-refractivity contribution in [2.45, 2.75) is 6.42 Å². The van der Waals surface area contributed by atoms with Gasteiger partial charge in [-0.1, -0.05) is 23.5 Å². The minimum absolute atomic E-state index is 0.181. The predicted molar refractivity (Wildman–Crippen MR) is 95.7 cm³/mol. The van der Waals surface area contributed by atoms with E-state index >= 15 is 0 Å². The van der Waals surface area contributed by atoms with Crippen LogP contribution in [0.4, 0.5) is 0 Å². The summed E-state index contributed by atoms with van der Waals surface area (Å²) in [6.07, 6.45) is 0.188. The maximum atomic E-state index is 12.5. The van der Waals surface area contributed by atoms with E-state index in [1.54, 1.807) is 38.5 Å². The number of methoxy groups -OCH3 is 2. The normalized spacial score (nSPS) is 10.6. The molecule has 4 nitrogen and oxygen atoms in total. The molecule has 0 saturated carbocycles. The highest BCUT2D eigenvalue weighted by Gasteiger charge is 2.13. The summed E-state index contributed by atoms with van der Waals surface area (Å²) in [5.74, 6) is 1.24. The number of hydrogen-bond acceptors (Lipinski definition) is 5. The molecule has 0 saturated heterocycles. The minimum atomic E-state index is -0.228. The van der Waals surface area contributed by atoms with Crippen LogP contribution in [0.3, 0.4) is 0 Å². The lowest BCUT2D eigenvalue weighted by Gasteiger charge is -2.05. The Kier molecular flexibility index (Phi) is 4.62. The van der Waals surface area contributed by atoms with E-state index in [-0.39, 0.29) is 22.5 Å². The molecule has 5 heteroatoms. The smallest absolute Gasteiger partial charge is 0.243 e. The Morgan fingerprint density at radius 1 is 0.958 bits per heavy atom. The largest absolute Gasteiger partial charge is 0.497 e. The fourth-order valence-electron chi connectivity index (χ4n) is 2.44. The Bertz CT molecular complexity index is 942. The Labute approximate surface area is 143 Å². The Balaban J connectivity index is 1.91. The van der Waals surface area contributed by atoms with E-state index in [2.05, 4.69) is 0 Å². The summed E-state index contributed by atoms with van der Waals surface area (Å²) in [6, 6.07) is 14.4.